The summed E-state index contributed by atoms with van der Waals surface area (Å²) in [4.78, 5) is 53.1. The molecule has 1 fully saturated rings. The maximum Gasteiger partial charge on any atom is 0.264 e. The predicted octanol–water partition coefficient (Wildman–Crippen LogP) is 2.93. The molecule has 2 aliphatic heterocycles. The molecule has 2 heterocycles. The van der Waals surface area contributed by atoms with Gasteiger partial charge in [-0.05, 0) is 67.4 Å². The first kappa shape index (κ1) is 34.6. The van der Waals surface area contributed by atoms with Crippen LogP contribution in [0, 0.1) is 0 Å². The molecule has 1 saturated heterocycles. The lowest BCUT2D eigenvalue weighted by Crippen LogP contribution is -2.54. The first-order valence-corrected chi connectivity index (χ1v) is 16.4. The van der Waals surface area contributed by atoms with Gasteiger partial charge in [0, 0.05) is 51.5 Å². The van der Waals surface area contributed by atoms with Crippen LogP contribution >= 0.6 is 0 Å². The van der Waals surface area contributed by atoms with E-state index in [1.165, 1.54) is 16.8 Å². The standard InChI is InChI=1S/C36H44N6O6/c1-41(2)30-10-4-3-7-26(30)24-38-18-6-17-37-23-25-11-13-27(14-12-25)48-22-21-47-20-19-39-29-9-5-8-28-33(29)36(46)42(35(28)45)31-15-16-32(43)40-34(31)44/h3-5,7-14,31,37-39H,6,15-24H2,1-2H3,(H,40,43,44). The summed E-state index contributed by atoms with van der Waals surface area (Å²) in [5.74, 6) is -1.35. The van der Waals surface area contributed by atoms with Crippen LogP contribution in [0.5, 0.6) is 5.75 Å². The number of piperidine rings is 1. The monoisotopic (exact) mass is 656 g/mol. The molecule has 12 nitrogen and oxygen atoms in total. The summed E-state index contributed by atoms with van der Waals surface area (Å²) in [5.41, 5.74) is 4.68. The van der Waals surface area contributed by atoms with Crippen molar-refractivity contribution in [3.05, 3.63) is 89.0 Å². The summed E-state index contributed by atoms with van der Waals surface area (Å²) < 4.78 is 11.5. The molecule has 4 N–H and O–H groups in total. The third kappa shape index (κ3) is 8.77. The molecule has 0 spiro atoms. The van der Waals surface area contributed by atoms with Gasteiger partial charge in [-0.25, -0.2) is 0 Å². The van der Waals surface area contributed by atoms with E-state index in [2.05, 4.69) is 76.7 Å². The van der Waals surface area contributed by atoms with E-state index in [4.69, 9.17) is 9.47 Å². The van der Waals surface area contributed by atoms with Gasteiger partial charge in [0.25, 0.3) is 11.8 Å². The number of imide groups is 2. The van der Waals surface area contributed by atoms with Gasteiger partial charge < -0.3 is 30.3 Å². The average molecular weight is 657 g/mol. The molecule has 3 aromatic rings. The van der Waals surface area contributed by atoms with Crippen LogP contribution in [0.15, 0.2) is 66.7 Å². The Morgan fingerprint density at radius 1 is 0.833 bits per heavy atom. The highest BCUT2D eigenvalue weighted by Gasteiger charge is 2.45. The number of carbonyl (C=O) groups excluding carboxylic acids is 4. The van der Waals surface area contributed by atoms with E-state index in [9.17, 15) is 19.2 Å². The van der Waals surface area contributed by atoms with Crippen LogP contribution in [0.2, 0.25) is 0 Å². The lowest BCUT2D eigenvalue weighted by Gasteiger charge is -2.27. The predicted molar refractivity (Wildman–Crippen MR) is 183 cm³/mol. The molecular formula is C36H44N6O6. The molecule has 12 heteroatoms. The fourth-order valence-corrected chi connectivity index (χ4v) is 5.83. The van der Waals surface area contributed by atoms with Crippen molar-refractivity contribution in [1.82, 2.24) is 20.9 Å². The number of amides is 4. The molecule has 0 bridgehead atoms. The Morgan fingerprint density at radius 3 is 2.38 bits per heavy atom. The van der Waals surface area contributed by atoms with E-state index >= 15 is 0 Å². The molecule has 3 aromatic carbocycles. The largest absolute Gasteiger partial charge is 0.491 e. The average Bonchev–Trinajstić information content (AvgIpc) is 3.34. The number of rotatable bonds is 18. The number of hydrogen-bond acceptors (Lipinski definition) is 10. The molecule has 2 aliphatic rings. The van der Waals surface area contributed by atoms with Gasteiger partial charge in [0.15, 0.2) is 0 Å². The molecule has 0 aromatic heterocycles. The zero-order valence-electron chi connectivity index (χ0n) is 27.6. The van der Waals surface area contributed by atoms with Crippen LogP contribution in [0.1, 0.15) is 51.1 Å². The maximum atomic E-state index is 13.2. The number of nitrogens with zero attached hydrogens (tertiary/aromatic N) is 2. The smallest absolute Gasteiger partial charge is 0.264 e. The summed E-state index contributed by atoms with van der Waals surface area (Å²) in [6.45, 7) is 5.04. The minimum absolute atomic E-state index is 0.0755. The normalized spacial score (nSPS) is 15.8. The lowest BCUT2D eigenvalue weighted by atomic mass is 10.0. The highest BCUT2D eigenvalue weighted by atomic mass is 16.5. The van der Waals surface area contributed by atoms with Crippen molar-refractivity contribution in [2.75, 3.05) is 63.8 Å². The first-order chi connectivity index (χ1) is 23.3. The Labute approximate surface area is 281 Å². The van der Waals surface area contributed by atoms with Crippen LogP contribution in [0.4, 0.5) is 11.4 Å². The van der Waals surface area contributed by atoms with Gasteiger partial charge in [-0.2, -0.15) is 0 Å². The van der Waals surface area contributed by atoms with Crippen molar-refractivity contribution >= 4 is 35.0 Å². The highest BCUT2D eigenvalue weighted by molar-refractivity contribution is 6.25. The number of carbonyl (C=O) groups is 4. The van der Waals surface area contributed by atoms with E-state index in [0.717, 1.165) is 43.2 Å². The van der Waals surface area contributed by atoms with E-state index < -0.39 is 29.7 Å². The SMILES string of the molecule is CN(C)c1ccccc1CNCCCNCc1ccc(OCCOCCNc2cccc3c2C(=O)N(C2CCC(=O)NC2=O)C3=O)cc1. The maximum absolute atomic E-state index is 13.2. The van der Waals surface area contributed by atoms with Crippen LogP contribution in [-0.4, -0.2) is 88.1 Å². The van der Waals surface area contributed by atoms with Crippen LogP contribution in [0.25, 0.3) is 0 Å². The number of para-hydroxylation sites is 1. The van der Waals surface area contributed by atoms with Crippen molar-refractivity contribution in [1.29, 1.82) is 0 Å². The van der Waals surface area contributed by atoms with Crippen LogP contribution in [0.3, 0.4) is 0 Å². The van der Waals surface area contributed by atoms with Crippen LogP contribution in [-0.2, 0) is 27.4 Å². The second-order valence-electron chi connectivity index (χ2n) is 11.9. The Morgan fingerprint density at radius 2 is 1.60 bits per heavy atom. The fraction of sp³-hybridized carbons (Fsp3) is 0.389. The van der Waals surface area contributed by atoms with E-state index in [1.807, 2.05) is 12.1 Å². The molecule has 1 unspecified atom stereocenters. The fourth-order valence-electron chi connectivity index (χ4n) is 5.83. The van der Waals surface area contributed by atoms with Gasteiger partial charge in [-0.1, -0.05) is 36.4 Å². The van der Waals surface area contributed by atoms with Gasteiger partial charge in [0.1, 0.15) is 18.4 Å². The van der Waals surface area contributed by atoms with E-state index in [-0.39, 0.29) is 24.0 Å². The molecule has 5 rings (SSSR count). The first-order valence-electron chi connectivity index (χ1n) is 16.4. The Hall–Kier alpha value is -4.78. The van der Waals surface area contributed by atoms with Crippen molar-refractivity contribution in [2.45, 2.75) is 38.4 Å². The number of nitrogens with one attached hydrogen (secondary N) is 4. The molecule has 48 heavy (non-hydrogen) atoms. The molecule has 254 valence electrons. The van der Waals surface area contributed by atoms with Gasteiger partial charge in [-0.15, -0.1) is 0 Å². The highest BCUT2D eigenvalue weighted by Crippen LogP contribution is 2.32. The zero-order chi connectivity index (χ0) is 33.9. The van der Waals surface area contributed by atoms with E-state index in [0.29, 0.717) is 32.1 Å². The summed E-state index contributed by atoms with van der Waals surface area (Å²) in [7, 11) is 4.13. The number of anilines is 2. The summed E-state index contributed by atoms with van der Waals surface area (Å²) >= 11 is 0. The number of ether oxygens (including phenoxy) is 2. The van der Waals surface area contributed by atoms with Crippen molar-refractivity contribution in [3.63, 3.8) is 0 Å². The number of hydrogen-bond donors (Lipinski definition) is 4. The van der Waals surface area contributed by atoms with Crippen molar-refractivity contribution in [2.24, 2.45) is 0 Å². The summed E-state index contributed by atoms with van der Waals surface area (Å²) in [6.07, 6.45) is 1.23. The summed E-state index contributed by atoms with van der Waals surface area (Å²) in [6, 6.07) is 20.4. The lowest BCUT2D eigenvalue weighted by molar-refractivity contribution is -0.136. The van der Waals surface area contributed by atoms with Crippen molar-refractivity contribution < 1.29 is 28.7 Å². The second kappa shape index (κ2) is 16.9. The van der Waals surface area contributed by atoms with Crippen molar-refractivity contribution in [3.8, 4) is 5.75 Å². The van der Waals surface area contributed by atoms with E-state index in [1.54, 1.807) is 18.2 Å². The Bertz CT molecular complexity index is 1590. The minimum Gasteiger partial charge on any atom is -0.491 e. The van der Waals surface area contributed by atoms with Gasteiger partial charge in [0.05, 0.1) is 24.3 Å². The summed E-state index contributed by atoms with van der Waals surface area (Å²) in [5, 5.41) is 12.4. The van der Waals surface area contributed by atoms with Crippen LogP contribution < -0.4 is 30.9 Å². The molecular weight excluding hydrogens is 612 g/mol. The Kier molecular flexibility index (Phi) is 12.1. The minimum atomic E-state index is -1.00. The molecule has 0 saturated carbocycles. The topological polar surface area (TPSA) is 141 Å². The van der Waals surface area contributed by atoms with Gasteiger partial charge in [0.2, 0.25) is 11.8 Å². The number of fused-ring (bicyclic) bond motifs is 1. The second-order valence-corrected chi connectivity index (χ2v) is 11.9. The van der Waals surface area contributed by atoms with Gasteiger partial charge >= 0.3 is 0 Å². The number of benzene rings is 3. The zero-order valence-corrected chi connectivity index (χ0v) is 27.6. The third-order valence-corrected chi connectivity index (χ3v) is 8.27. The van der Waals surface area contributed by atoms with Gasteiger partial charge in [-0.3, -0.25) is 29.4 Å². The third-order valence-electron chi connectivity index (χ3n) is 8.27. The molecule has 0 aliphatic carbocycles. The molecule has 4 amide bonds. The molecule has 0 radical (unpaired) electrons. The quantitative estimate of drug-likeness (QED) is 0.119. The molecule has 1 atom stereocenters. The Balaban J connectivity index is 0.937.